The van der Waals surface area contributed by atoms with E-state index < -0.39 is 8.80 Å². The van der Waals surface area contributed by atoms with Gasteiger partial charge >= 0.3 is 0 Å². The molecule has 0 atom stereocenters. The van der Waals surface area contributed by atoms with Gasteiger partial charge in [-0.05, 0) is 6.92 Å². The van der Waals surface area contributed by atoms with Gasteiger partial charge in [-0.2, -0.15) is 0 Å². The molecule has 0 aliphatic carbocycles. The van der Waals surface area contributed by atoms with Crippen LogP contribution in [0.3, 0.4) is 0 Å². The SMILES string of the molecule is CCO[CH][SiH](C)C. The number of rotatable bonds is 3. The Kier molecular flexibility index (Phi) is 4.45. The van der Waals surface area contributed by atoms with Gasteiger partial charge in [-0.15, -0.1) is 0 Å². The Morgan fingerprint density at radius 2 is 2.14 bits per heavy atom. The third-order valence-corrected chi connectivity index (χ3v) is 1.27. The summed E-state index contributed by atoms with van der Waals surface area (Å²) in [6.07, 6.45) is 1.99. The predicted molar refractivity (Wildman–Crippen MR) is 34.8 cm³/mol. The molecule has 2 heteroatoms. The zero-order chi connectivity index (χ0) is 5.70. The van der Waals surface area contributed by atoms with Crippen molar-refractivity contribution in [2.75, 3.05) is 6.61 Å². The average Bonchev–Trinajstić information content (AvgIpc) is 1.61. The predicted octanol–water partition coefficient (Wildman–Crippen LogP) is 1.21. The van der Waals surface area contributed by atoms with Crippen LogP contribution in [0.5, 0.6) is 0 Å². The third kappa shape index (κ3) is 6.18. The number of ether oxygens (including phenoxy) is 1. The van der Waals surface area contributed by atoms with Crippen LogP contribution in [0.15, 0.2) is 0 Å². The molecule has 0 bridgehead atoms. The monoisotopic (exact) mass is 117 g/mol. The van der Waals surface area contributed by atoms with E-state index in [0.29, 0.717) is 0 Å². The maximum absolute atomic E-state index is 5.03. The van der Waals surface area contributed by atoms with Crippen LogP contribution in [0, 0.1) is 6.23 Å². The van der Waals surface area contributed by atoms with Gasteiger partial charge in [0, 0.05) is 6.61 Å². The molecule has 0 aromatic rings. The van der Waals surface area contributed by atoms with Gasteiger partial charge in [-0.3, -0.25) is 0 Å². The summed E-state index contributed by atoms with van der Waals surface area (Å²) in [5.41, 5.74) is 0. The summed E-state index contributed by atoms with van der Waals surface area (Å²) in [4.78, 5) is 0. The fourth-order valence-electron chi connectivity index (χ4n) is 0.289. The Balaban J connectivity index is 2.68. The molecule has 0 saturated carbocycles. The van der Waals surface area contributed by atoms with Gasteiger partial charge in [0.15, 0.2) is 0 Å². The van der Waals surface area contributed by atoms with Crippen molar-refractivity contribution in [2.45, 2.75) is 20.0 Å². The molecule has 43 valence electrons. The standard InChI is InChI=1S/C5H13OSi/c1-4-6-5-7(2)3/h5,7H,4H2,1-3H3. The third-order valence-electron chi connectivity index (χ3n) is 0.535. The average molecular weight is 117 g/mol. The summed E-state index contributed by atoms with van der Waals surface area (Å²) in [6.45, 7) is 7.30. The van der Waals surface area contributed by atoms with Crippen molar-refractivity contribution in [3.05, 3.63) is 6.23 Å². The molecule has 1 nitrogen and oxygen atoms in total. The molecule has 0 saturated heterocycles. The normalized spacial score (nSPS) is 10.3. The van der Waals surface area contributed by atoms with E-state index in [1.54, 1.807) is 0 Å². The molecule has 0 aromatic heterocycles. The second-order valence-corrected chi connectivity index (χ2v) is 4.60. The van der Waals surface area contributed by atoms with Gasteiger partial charge in [0.2, 0.25) is 0 Å². The number of hydrogen-bond acceptors (Lipinski definition) is 1. The van der Waals surface area contributed by atoms with E-state index in [-0.39, 0.29) is 0 Å². The van der Waals surface area contributed by atoms with E-state index >= 15 is 0 Å². The zero-order valence-electron chi connectivity index (χ0n) is 5.27. The van der Waals surface area contributed by atoms with Crippen LogP contribution in [0.2, 0.25) is 13.1 Å². The summed E-state index contributed by atoms with van der Waals surface area (Å²) < 4.78 is 5.03. The highest BCUT2D eigenvalue weighted by atomic mass is 28.3. The fraction of sp³-hybridized carbons (Fsp3) is 0.800. The smallest absolute Gasteiger partial charge is 0.0685 e. The Morgan fingerprint density at radius 3 is 2.29 bits per heavy atom. The molecule has 0 rings (SSSR count). The molecular formula is C5H13OSi. The van der Waals surface area contributed by atoms with Crippen LogP contribution in [-0.4, -0.2) is 15.4 Å². The lowest BCUT2D eigenvalue weighted by Crippen LogP contribution is -2.03. The van der Waals surface area contributed by atoms with Gasteiger partial charge in [0.05, 0.1) is 15.0 Å². The lowest BCUT2D eigenvalue weighted by atomic mass is 10.9. The van der Waals surface area contributed by atoms with Crippen LogP contribution in [-0.2, 0) is 4.74 Å². The van der Waals surface area contributed by atoms with Crippen molar-refractivity contribution in [1.29, 1.82) is 0 Å². The lowest BCUT2D eigenvalue weighted by molar-refractivity contribution is 0.243. The van der Waals surface area contributed by atoms with Crippen molar-refractivity contribution < 1.29 is 4.74 Å². The topological polar surface area (TPSA) is 9.23 Å². The second kappa shape index (κ2) is 4.34. The Morgan fingerprint density at radius 1 is 1.57 bits per heavy atom. The minimum absolute atomic E-state index is 0.535. The van der Waals surface area contributed by atoms with Crippen molar-refractivity contribution in [2.24, 2.45) is 0 Å². The van der Waals surface area contributed by atoms with Crippen molar-refractivity contribution in [1.82, 2.24) is 0 Å². The summed E-state index contributed by atoms with van der Waals surface area (Å²) in [5, 5.41) is 0. The van der Waals surface area contributed by atoms with E-state index in [4.69, 9.17) is 4.74 Å². The zero-order valence-corrected chi connectivity index (χ0v) is 6.42. The molecule has 0 unspecified atom stereocenters. The first-order valence-electron chi connectivity index (χ1n) is 2.72. The van der Waals surface area contributed by atoms with E-state index in [2.05, 4.69) is 13.1 Å². The minimum Gasteiger partial charge on any atom is -0.380 e. The number of hydrogen-bond donors (Lipinski definition) is 0. The highest BCUT2D eigenvalue weighted by Gasteiger charge is 1.91. The second-order valence-electron chi connectivity index (χ2n) is 1.84. The highest BCUT2D eigenvalue weighted by Crippen LogP contribution is 1.86. The maximum Gasteiger partial charge on any atom is 0.0685 e. The Labute approximate surface area is 47.3 Å². The fourth-order valence-corrected chi connectivity index (χ4v) is 0.866. The van der Waals surface area contributed by atoms with Gasteiger partial charge in [-0.25, -0.2) is 0 Å². The summed E-state index contributed by atoms with van der Waals surface area (Å²) in [5.74, 6) is 0. The first-order chi connectivity index (χ1) is 3.27. The minimum atomic E-state index is -0.535. The Hall–Kier alpha value is 0.177. The van der Waals surface area contributed by atoms with Gasteiger partial charge in [-0.1, -0.05) is 13.1 Å². The van der Waals surface area contributed by atoms with Crippen molar-refractivity contribution in [3.63, 3.8) is 0 Å². The quantitative estimate of drug-likeness (QED) is 0.505. The lowest BCUT2D eigenvalue weighted by Gasteiger charge is -1.98. The molecule has 1 radical (unpaired) electrons. The van der Waals surface area contributed by atoms with Crippen molar-refractivity contribution >= 4 is 8.80 Å². The molecule has 0 fully saturated rings. The van der Waals surface area contributed by atoms with Gasteiger partial charge < -0.3 is 4.74 Å². The largest absolute Gasteiger partial charge is 0.380 e. The molecule has 7 heavy (non-hydrogen) atoms. The van der Waals surface area contributed by atoms with Crippen LogP contribution in [0.25, 0.3) is 0 Å². The molecule has 0 N–H and O–H groups in total. The van der Waals surface area contributed by atoms with Crippen LogP contribution in [0.4, 0.5) is 0 Å². The van der Waals surface area contributed by atoms with E-state index in [9.17, 15) is 0 Å². The summed E-state index contributed by atoms with van der Waals surface area (Å²) >= 11 is 0. The van der Waals surface area contributed by atoms with Gasteiger partial charge in [0.25, 0.3) is 0 Å². The highest BCUT2D eigenvalue weighted by molar-refractivity contribution is 6.59. The molecule has 0 amide bonds. The van der Waals surface area contributed by atoms with Crippen molar-refractivity contribution in [3.8, 4) is 0 Å². The first kappa shape index (κ1) is 7.18. The molecule has 0 spiro atoms. The summed E-state index contributed by atoms with van der Waals surface area (Å²) in [6, 6.07) is 0. The molecule has 0 aromatic carbocycles. The first-order valence-corrected chi connectivity index (χ1v) is 5.70. The Bertz CT molecular complexity index is 37.1. The van der Waals surface area contributed by atoms with Crippen LogP contribution < -0.4 is 0 Å². The van der Waals surface area contributed by atoms with Crippen LogP contribution in [0.1, 0.15) is 6.92 Å². The molecule has 0 heterocycles. The molecule has 0 aliphatic heterocycles. The van der Waals surface area contributed by atoms with E-state index in [0.717, 1.165) is 6.61 Å². The van der Waals surface area contributed by atoms with Gasteiger partial charge in [0.1, 0.15) is 0 Å². The maximum atomic E-state index is 5.03. The summed E-state index contributed by atoms with van der Waals surface area (Å²) in [7, 11) is -0.535. The van der Waals surface area contributed by atoms with Crippen LogP contribution >= 0.6 is 0 Å². The van der Waals surface area contributed by atoms with E-state index in [1.807, 2.05) is 13.2 Å². The molecule has 0 aliphatic rings. The van der Waals surface area contributed by atoms with E-state index in [1.165, 1.54) is 0 Å². The molecular weight excluding hydrogens is 104 g/mol.